The first kappa shape index (κ1) is 43.6. The van der Waals surface area contributed by atoms with Crippen LogP contribution in [0.4, 0.5) is 5.69 Å². The van der Waals surface area contributed by atoms with Crippen LogP contribution in [0.1, 0.15) is 70.3 Å². The number of hydrogen-bond acceptors (Lipinski definition) is 9. The van der Waals surface area contributed by atoms with Crippen molar-refractivity contribution >= 4 is 38.0 Å². The molecule has 2 heterocycles. The lowest BCUT2D eigenvalue weighted by molar-refractivity contribution is -0.137. The molecule has 0 amide bonds. The highest BCUT2D eigenvalue weighted by molar-refractivity contribution is 7.86. The third-order valence-corrected chi connectivity index (χ3v) is 11.3. The van der Waals surface area contributed by atoms with Crippen molar-refractivity contribution in [2.45, 2.75) is 69.1 Å². The van der Waals surface area contributed by atoms with Gasteiger partial charge >= 0.3 is 5.97 Å². The lowest BCUT2D eigenvalue weighted by atomic mass is 9.77. The highest BCUT2D eigenvalue weighted by atomic mass is 32.2. The van der Waals surface area contributed by atoms with E-state index >= 15 is 0 Å². The summed E-state index contributed by atoms with van der Waals surface area (Å²) in [4.78, 5) is 13.0. The largest absolute Gasteiger partial charge is 0.481 e. The van der Waals surface area contributed by atoms with Gasteiger partial charge in [0.15, 0.2) is 13.1 Å². The number of carbonyl (C=O) groups is 1. The molecule has 55 heavy (non-hydrogen) atoms. The third-order valence-electron chi connectivity index (χ3n) is 9.63. The number of nitrogens with zero attached hydrogens (tertiary/aromatic N) is 2. The van der Waals surface area contributed by atoms with Crippen LogP contribution in [-0.2, 0) is 45.3 Å². The van der Waals surface area contributed by atoms with Crippen molar-refractivity contribution in [2.75, 3.05) is 57.7 Å². The molecule has 1 atom stereocenters. The van der Waals surface area contributed by atoms with E-state index in [-0.39, 0.29) is 36.1 Å². The summed E-state index contributed by atoms with van der Waals surface area (Å²) < 4.78 is 86.1. The van der Waals surface area contributed by atoms with E-state index in [1.807, 2.05) is 66.5 Å². The summed E-state index contributed by atoms with van der Waals surface area (Å²) in [6.45, 7) is 10.7. The van der Waals surface area contributed by atoms with Gasteiger partial charge in [-0.05, 0) is 73.7 Å². The predicted octanol–water partition coefficient (Wildman–Crippen LogP) is 5.76. The summed E-state index contributed by atoms with van der Waals surface area (Å²) >= 11 is 0. The highest BCUT2D eigenvalue weighted by Crippen LogP contribution is 2.51. The summed E-state index contributed by atoms with van der Waals surface area (Å²) in [7, 11) is -5.47. The molecule has 0 radical (unpaired) electrons. The Kier molecular flexibility index (Phi) is 14.4. The minimum atomic E-state index is -4.56. The maximum Gasteiger partial charge on any atom is 0.303 e. The molecule has 13 nitrogen and oxygen atoms in total. The van der Waals surface area contributed by atoms with Crippen molar-refractivity contribution in [1.82, 2.24) is 4.58 Å². The van der Waals surface area contributed by atoms with Gasteiger partial charge in [-0.2, -0.15) is 16.8 Å². The van der Waals surface area contributed by atoms with E-state index in [1.165, 1.54) is 12.1 Å². The quantitative estimate of drug-likeness (QED) is 0.0805. The van der Waals surface area contributed by atoms with Crippen LogP contribution in [0.15, 0.2) is 81.8 Å². The van der Waals surface area contributed by atoms with Gasteiger partial charge in [-0.1, -0.05) is 45.1 Å². The first-order valence-corrected chi connectivity index (χ1v) is 21.1. The maximum atomic E-state index is 12.2. The molecule has 0 spiro atoms. The number of fused-ring (bicyclic) bond motifs is 2. The van der Waals surface area contributed by atoms with E-state index in [2.05, 4.69) is 25.3 Å². The Hall–Kier alpha value is -4.12. The average Bonchev–Trinajstić information content (AvgIpc) is 3.32. The monoisotopic (exact) mass is 801 g/mol. The first-order valence-electron chi connectivity index (χ1n) is 18.0. The molecule has 0 saturated heterocycles. The molecule has 15 heteroatoms. The number of anilines is 1. The number of allylic oxidation sites excluding steroid dienone is 5. The number of carboxylic acids is 1. The highest BCUT2D eigenvalue weighted by Gasteiger charge is 2.43. The molecular weight excluding hydrogens is 749 g/mol. The van der Waals surface area contributed by atoms with Crippen molar-refractivity contribution in [2.24, 2.45) is 0 Å². The Balaban J connectivity index is 1.79. The number of hydrogen-bond donors (Lipinski definition) is 3. The summed E-state index contributed by atoms with van der Waals surface area (Å²) in [5.74, 6) is 0.0581. The van der Waals surface area contributed by atoms with E-state index in [1.54, 1.807) is 20.3 Å². The predicted molar refractivity (Wildman–Crippen MR) is 213 cm³/mol. The second-order valence-electron chi connectivity index (χ2n) is 14.8. The normalized spacial score (nSPS) is 17.2. The van der Waals surface area contributed by atoms with Gasteiger partial charge in [-0.15, -0.1) is 0 Å². The Labute approximate surface area is 324 Å². The van der Waals surface area contributed by atoms with Crippen LogP contribution in [-0.4, -0.2) is 89.8 Å². The standard InChI is InChI=1S/C40H52N2O11S2/c1-39(2,3)37-26-29(32-17-15-30(27-35(32)53-37)41(21-23-51-5)22-24-52-6)12-8-7-9-13-36-40(4,19-10-14-38(43)44)33-28-31(55(48,49)50)16-18-34(33)42(36)20-11-25-54(45,46)47/h7-9,12-13,15-18,26-28H,10-11,14,19-25H2,1-6H3,(H2-,43,44,45,46,47,48,49,50)/p+1. The van der Waals surface area contributed by atoms with Crippen LogP contribution in [0, 0.1) is 0 Å². The topological polar surface area (TPSA) is 184 Å². The van der Waals surface area contributed by atoms with Crippen LogP contribution in [0.25, 0.3) is 17.4 Å². The second-order valence-corrected chi connectivity index (χ2v) is 17.8. The molecule has 1 aromatic rings. The number of methoxy groups -OCH3 is 2. The van der Waals surface area contributed by atoms with Crippen molar-refractivity contribution in [1.29, 1.82) is 0 Å². The minimum absolute atomic E-state index is 0.0605. The fraction of sp³-hybridized carbons (Fsp3) is 0.450. The van der Waals surface area contributed by atoms with Gasteiger partial charge in [0.05, 0.1) is 16.7 Å². The average molecular weight is 802 g/mol. The molecule has 300 valence electrons. The summed E-state index contributed by atoms with van der Waals surface area (Å²) in [6.07, 6.45) is 9.88. The molecule has 0 saturated carbocycles. The van der Waals surface area contributed by atoms with Crippen molar-refractivity contribution < 1.29 is 49.7 Å². The van der Waals surface area contributed by atoms with Gasteiger partial charge in [-0.3, -0.25) is 13.9 Å². The van der Waals surface area contributed by atoms with E-state index in [4.69, 9.17) is 13.9 Å². The molecule has 1 aliphatic carbocycles. The zero-order valence-corrected chi connectivity index (χ0v) is 34.0. The Morgan fingerprint density at radius 2 is 1.64 bits per heavy atom. The van der Waals surface area contributed by atoms with Crippen molar-refractivity contribution in [3.05, 3.63) is 94.7 Å². The van der Waals surface area contributed by atoms with Crippen LogP contribution < -0.4 is 14.8 Å². The summed E-state index contributed by atoms with van der Waals surface area (Å²) in [6, 6.07) is 12.3. The molecule has 1 aromatic carbocycles. The van der Waals surface area contributed by atoms with Crippen LogP contribution in [0.3, 0.4) is 0 Å². The second kappa shape index (κ2) is 18.2. The van der Waals surface area contributed by atoms with E-state index in [0.717, 1.165) is 28.0 Å². The molecule has 0 aromatic heterocycles. The number of ether oxygens (including phenoxy) is 2. The molecule has 3 N–H and O–H groups in total. The molecule has 2 aliphatic heterocycles. The molecule has 0 fully saturated rings. The van der Waals surface area contributed by atoms with Gasteiger partial charge < -0.3 is 23.9 Å². The number of aliphatic carboxylic acids is 1. The van der Waals surface area contributed by atoms with Gasteiger partial charge in [0.25, 0.3) is 20.2 Å². The zero-order valence-electron chi connectivity index (χ0n) is 32.3. The summed E-state index contributed by atoms with van der Waals surface area (Å²) in [5.41, 5.74) is 2.48. The van der Waals surface area contributed by atoms with Gasteiger partial charge in [-0.25, -0.2) is 4.58 Å². The van der Waals surface area contributed by atoms with Crippen molar-refractivity contribution in [3.8, 4) is 11.3 Å². The lowest BCUT2D eigenvalue weighted by Crippen LogP contribution is -2.35. The summed E-state index contributed by atoms with van der Waals surface area (Å²) in [5, 5.41) is 10.4. The van der Waals surface area contributed by atoms with Gasteiger partial charge in [0.2, 0.25) is 5.36 Å². The molecule has 0 bridgehead atoms. The van der Waals surface area contributed by atoms with E-state index in [9.17, 15) is 35.8 Å². The molecule has 4 rings (SSSR count). The minimum Gasteiger partial charge on any atom is -0.481 e. The van der Waals surface area contributed by atoms with E-state index in [0.29, 0.717) is 49.7 Å². The molecule has 3 aliphatic rings. The third kappa shape index (κ3) is 11.5. The molecule has 1 unspecified atom stereocenters. The Morgan fingerprint density at radius 3 is 2.24 bits per heavy atom. The Bertz CT molecular complexity index is 2190. The SMILES string of the molecule is COCC[N+](CCOC)=c1ccc2c(C=CC=CC=C3N(CCCS(=O)(=O)O)c4ccc(S(=O)(=O)O)cc4C3(C)CCCC(=O)O)cc(C(C)(C)C)oc-2c1. The lowest BCUT2D eigenvalue weighted by Gasteiger charge is -2.30. The van der Waals surface area contributed by atoms with Crippen molar-refractivity contribution in [3.63, 3.8) is 0 Å². The van der Waals surface area contributed by atoms with Gasteiger partial charge in [0, 0.05) is 61.0 Å². The van der Waals surface area contributed by atoms with Gasteiger partial charge in [0.1, 0.15) is 24.7 Å². The van der Waals surface area contributed by atoms with E-state index < -0.39 is 37.4 Å². The number of rotatable bonds is 18. The maximum absolute atomic E-state index is 12.2. The van der Waals surface area contributed by atoms with Crippen LogP contribution in [0.2, 0.25) is 0 Å². The smallest absolute Gasteiger partial charge is 0.303 e. The first-order chi connectivity index (χ1) is 25.8. The zero-order chi connectivity index (χ0) is 40.6. The number of carboxylic acid groups (broad SMARTS) is 1. The fourth-order valence-corrected chi connectivity index (χ4v) is 7.74. The fourth-order valence-electron chi connectivity index (χ4n) is 6.74. The molecular formula is C40H53N2O11S2+. The van der Waals surface area contributed by atoms with Crippen LogP contribution in [0.5, 0.6) is 0 Å². The Morgan fingerprint density at radius 1 is 0.945 bits per heavy atom. The van der Waals surface area contributed by atoms with Crippen LogP contribution >= 0.6 is 0 Å². The number of benzene rings is 2.